The summed E-state index contributed by atoms with van der Waals surface area (Å²) in [6.07, 6.45) is 3.49. The zero-order valence-electron chi connectivity index (χ0n) is 31.5. The Morgan fingerprint density at radius 3 is 2.20 bits per heavy atom. The number of nitrogens with zero attached hydrogens (tertiary/aromatic N) is 3. The Hall–Kier alpha value is -4.70. The van der Waals surface area contributed by atoms with Gasteiger partial charge < -0.3 is 9.40 Å². The second-order valence-electron chi connectivity index (χ2n) is 14.2. The summed E-state index contributed by atoms with van der Waals surface area (Å²) in [6, 6.07) is 38.4. The molecule has 0 fully saturated rings. The Morgan fingerprint density at radius 2 is 1.49 bits per heavy atom. The van der Waals surface area contributed by atoms with Crippen LogP contribution in [-0.2, 0) is 30.9 Å². The summed E-state index contributed by atoms with van der Waals surface area (Å²) in [7, 11) is 0. The van der Waals surface area contributed by atoms with E-state index < -0.39 is 6.85 Å². The van der Waals surface area contributed by atoms with Crippen molar-refractivity contribution in [2.45, 2.75) is 59.2 Å². The molecule has 0 aliphatic rings. The normalized spacial score (nSPS) is 13.0. The molecular weight excluding hydrogens is 779 g/mol. The first-order valence-electron chi connectivity index (χ1n) is 17.7. The Labute approximate surface area is 306 Å². The van der Waals surface area contributed by atoms with Gasteiger partial charge in [-0.1, -0.05) is 114 Å². The molecule has 0 amide bonds. The minimum atomic E-state index is -2.31. The molecule has 5 aromatic carbocycles. The molecule has 8 rings (SSSR count). The van der Waals surface area contributed by atoms with Gasteiger partial charge in [-0.3, -0.25) is 4.98 Å². The molecule has 0 N–H and O–H groups in total. The number of aryl methyl sites for hydroxylation is 1. The largest absolute Gasteiger partial charge is 0.501 e. The second kappa shape index (κ2) is 13.3. The van der Waals surface area contributed by atoms with Crippen molar-refractivity contribution in [3.63, 3.8) is 0 Å². The molecule has 0 saturated carbocycles. The average molecular weight is 821 g/mol. The van der Waals surface area contributed by atoms with Crippen LogP contribution in [0.3, 0.4) is 0 Å². The van der Waals surface area contributed by atoms with Gasteiger partial charge in [0.25, 0.3) is 0 Å². The van der Waals surface area contributed by atoms with E-state index in [0.717, 1.165) is 43.9 Å². The van der Waals surface area contributed by atoms with Crippen molar-refractivity contribution in [1.82, 2.24) is 15.0 Å². The predicted octanol–water partition coefficient (Wildman–Crippen LogP) is 11.6. The first-order valence-corrected chi connectivity index (χ1v) is 16.2. The van der Waals surface area contributed by atoms with Crippen LogP contribution < -0.4 is 0 Å². The molecule has 1 radical (unpaired) electrons. The van der Waals surface area contributed by atoms with Gasteiger partial charge in [0.1, 0.15) is 11.9 Å². The van der Waals surface area contributed by atoms with Crippen molar-refractivity contribution in [3.8, 4) is 22.5 Å². The Kier molecular flexibility index (Phi) is 8.25. The van der Waals surface area contributed by atoms with Crippen LogP contribution in [0.2, 0.25) is 0 Å². The Bertz CT molecular complexity index is 2530. The SMILES string of the molecule is CC(C)(C)c1ccc(-c2[c-]cccc2)nc1.[2H]C([2H])([2H])c1c[c-]c(-c2cc(C(C)(C)C)ncn2)c2oc3cc4c(ccc5ccccc54)cc3c12.[Ir]. The maximum Gasteiger partial charge on any atom is 0.121 e. The number of fused-ring (bicyclic) bond motifs is 6. The molecule has 49 heavy (non-hydrogen) atoms. The molecule has 247 valence electrons. The fourth-order valence-corrected chi connectivity index (χ4v) is 5.97. The van der Waals surface area contributed by atoms with Crippen LogP contribution in [0.15, 0.2) is 114 Å². The fraction of sp³-hybridized carbons (Fsp3) is 0.205. The zero-order chi connectivity index (χ0) is 36.1. The van der Waals surface area contributed by atoms with Crippen molar-refractivity contribution in [3.05, 3.63) is 139 Å². The summed E-state index contributed by atoms with van der Waals surface area (Å²) in [5, 5.41) is 5.72. The molecule has 0 unspecified atom stereocenters. The quantitative estimate of drug-likeness (QED) is 0.129. The van der Waals surface area contributed by atoms with Gasteiger partial charge in [-0.15, -0.1) is 53.6 Å². The van der Waals surface area contributed by atoms with Gasteiger partial charge in [0.15, 0.2) is 0 Å². The van der Waals surface area contributed by atoms with Gasteiger partial charge in [0.2, 0.25) is 0 Å². The number of aromatic nitrogens is 3. The molecule has 0 atom stereocenters. The smallest absolute Gasteiger partial charge is 0.121 e. The number of furan rings is 1. The summed E-state index contributed by atoms with van der Waals surface area (Å²) < 4.78 is 30.9. The van der Waals surface area contributed by atoms with Crippen LogP contribution in [0.1, 0.15) is 62.5 Å². The van der Waals surface area contributed by atoms with Crippen LogP contribution in [0.4, 0.5) is 0 Å². The Morgan fingerprint density at radius 1 is 0.694 bits per heavy atom. The van der Waals surface area contributed by atoms with Crippen LogP contribution in [0.5, 0.6) is 0 Å². The van der Waals surface area contributed by atoms with Crippen LogP contribution >= 0.6 is 0 Å². The first-order chi connectivity index (χ1) is 24.2. The topological polar surface area (TPSA) is 51.8 Å². The van der Waals surface area contributed by atoms with Crippen LogP contribution in [0.25, 0.3) is 66.0 Å². The van der Waals surface area contributed by atoms with E-state index in [-0.39, 0.29) is 36.5 Å². The summed E-state index contributed by atoms with van der Waals surface area (Å²) in [5.74, 6) is 0. The van der Waals surface area contributed by atoms with Gasteiger partial charge in [0, 0.05) is 46.9 Å². The average Bonchev–Trinajstić information content (AvgIpc) is 3.48. The van der Waals surface area contributed by atoms with E-state index in [1.54, 1.807) is 6.07 Å². The predicted molar refractivity (Wildman–Crippen MR) is 199 cm³/mol. The maximum absolute atomic E-state index is 8.18. The number of hydrogen-bond donors (Lipinski definition) is 0. The first kappa shape index (κ1) is 30.4. The van der Waals surface area contributed by atoms with Gasteiger partial charge in [0.05, 0.1) is 5.58 Å². The third kappa shape index (κ3) is 6.79. The van der Waals surface area contributed by atoms with E-state index in [4.69, 9.17) is 8.53 Å². The molecule has 4 nitrogen and oxygen atoms in total. The van der Waals surface area contributed by atoms with E-state index >= 15 is 0 Å². The molecule has 0 spiro atoms. The van der Waals surface area contributed by atoms with E-state index in [2.05, 4.69) is 105 Å². The zero-order valence-corrected chi connectivity index (χ0v) is 30.9. The van der Waals surface area contributed by atoms with Crippen molar-refractivity contribution in [1.29, 1.82) is 0 Å². The molecule has 3 heterocycles. The van der Waals surface area contributed by atoms with E-state index in [1.165, 1.54) is 11.9 Å². The molecule has 0 aliphatic carbocycles. The fourth-order valence-electron chi connectivity index (χ4n) is 5.97. The standard InChI is InChI=1S/C29H23N2O.C15H16N.Ir/c1-17-9-12-21(24-15-26(29(2,3)4)31-16-30-24)28-27(17)23-13-19-11-10-18-7-5-6-8-20(18)22(19)14-25(23)32-28;1-15(2,3)13-9-10-14(16-11-13)12-7-5-4-6-8-12;/h5-11,13-16H,1-4H3;4-7,9-11H,1-3H3;/q2*-1;/i1D3;;. The molecule has 0 bridgehead atoms. The number of hydrogen-bond acceptors (Lipinski definition) is 4. The Balaban J connectivity index is 0.000000230. The van der Waals surface area contributed by atoms with E-state index in [0.29, 0.717) is 27.8 Å². The molecule has 5 heteroatoms. The van der Waals surface area contributed by atoms with Crippen molar-refractivity contribution in [2.75, 3.05) is 0 Å². The monoisotopic (exact) mass is 821 g/mol. The van der Waals surface area contributed by atoms with E-state index in [9.17, 15) is 0 Å². The molecular formula is C44H39IrN3O-2. The third-order valence-electron chi connectivity index (χ3n) is 8.72. The van der Waals surface area contributed by atoms with Crippen LogP contribution in [-0.4, -0.2) is 15.0 Å². The summed E-state index contributed by atoms with van der Waals surface area (Å²) in [5.41, 5.74) is 6.79. The van der Waals surface area contributed by atoms with Gasteiger partial charge in [-0.05, 0) is 56.0 Å². The van der Waals surface area contributed by atoms with Crippen molar-refractivity contribution < 1.29 is 28.6 Å². The number of benzene rings is 5. The summed E-state index contributed by atoms with van der Waals surface area (Å²) >= 11 is 0. The minimum absolute atomic E-state index is 0. The van der Waals surface area contributed by atoms with Gasteiger partial charge >= 0.3 is 0 Å². The molecule has 8 aromatic rings. The second-order valence-corrected chi connectivity index (χ2v) is 14.2. The molecule has 0 aliphatic heterocycles. The van der Waals surface area contributed by atoms with Crippen molar-refractivity contribution in [2.24, 2.45) is 0 Å². The van der Waals surface area contributed by atoms with Crippen LogP contribution in [0, 0.1) is 19.0 Å². The minimum Gasteiger partial charge on any atom is -0.501 e. The molecule has 3 aromatic heterocycles. The summed E-state index contributed by atoms with van der Waals surface area (Å²) in [4.78, 5) is 13.4. The van der Waals surface area contributed by atoms with Gasteiger partial charge in [-0.2, -0.15) is 0 Å². The van der Waals surface area contributed by atoms with Crippen molar-refractivity contribution >= 4 is 43.5 Å². The molecule has 0 saturated heterocycles. The third-order valence-corrected chi connectivity index (χ3v) is 8.72. The maximum atomic E-state index is 8.18. The number of rotatable bonds is 2. The van der Waals surface area contributed by atoms with E-state index in [1.807, 2.05) is 60.8 Å². The number of pyridine rings is 1. The van der Waals surface area contributed by atoms with Gasteiger partial charge in [-0.25, -0.2) is 4.98 Å². The summed E-state index contributed by atoms with van der Waals surface area (Å²) in [6.45, 7) is 10.5.